The van der Waals surface area contributed by atoms with Crippen LogP contribution < -0.4 is 16.8 Å². The average Bonchev–Trinajstić information content (AvgIpc) is 2.74. The van der Waals surface area contributed by atoms with E-state index in [-0.39, 0.29) is 11.3 Å². The molecule has 1 aromatic carbocycles. The summed E-state index contributed by atoms with van der Waals surface area (Å²) in [5.74, 6) is -0.632. The van der Waals surface area contributed by atoms with Gasteiger partial charge in [-0.1, -0.05) is 24.3 Å². The molecule has 0 unspecified atom stereocenters. The molecule has 1 amide bonds. The van der Waals surface area contributed by atoms with Gasteiger partial charge < -0.3 is 16.8 Å². The maximum absolute atomic E-state index is 11.4. The van der Waals surface area contributed by atoms with Crippen LogP contribution in [0.3, 0.4) is 0 Å². The fraction of sp³-hybridized carbons (Fsp3) is 0.143. The number of anilines is 2. The van der Waals surface area contributed by atoms with Gasteiger partial charge in [0, 0.05) is 6.54 Å². The number of primary amides is 1. The number of hydrogen-bond donors (Lipinski definition) is 3. The molecule has 0 aliphatic carbocycles. The number of thiophene rings is 1. The van der Waals surface area contributed by atoms with E-state index in [1.807, 2.05) is 37.3 Å². The number of nitrogens with one attached hydrogen (secondary N) is 1. The lowest BCUT2D eigenvalue weighted by Crippen LogP contribution is -2.14. The number of carbonyl (C=O) groups excluding carboxylic acids is 1. The van der Waals surface area contributed by atoms with Crippen molar-refractivity contribution in [3.8, 4) is 6.07 Å². The van der Waals surface area contributed by atoms with E-state index in [2.05, 4.69) is 5.32 Å². The van der Waals surface area contributed by atoms with Crippen LogP contribution >= 0.6 is 11.3 Å². The second-order valence-electron chi connectivity index (χ2n) is 4.31. The van der Waals surface area contributed by atoms with Gasteiger partial charge in [-0.25, -0.2) is 0 Å². The minimum atomic E-state index is -0.632. The molecule has 20 heavy (non-hydrogen) atoms. The summed E-state index contributed by atoms with van der Waals surface area (Å²) in [5.41, 5.74) is 13.7. The minimum Gasteiger partial charge on any atom is -0.396 e. The number of nitriles is 1. The maximum atomic E-state index is 11.4. The summed E-state index contributed by atoms with van der Waals surface area (Å²) < 4.78 is 0. The molecule has 0 spiro atoms. The SMILES string of the molecule is Cc1ccccc1CNc1sc(C#N)c(N)c1C(N)=O. The minimum absolute atomic E-state index is 0.150. The van der Waals surface area contributed by atoms with Crippen LogP contribution in [0.5, 0.6) is 0 Å². The van der Waals surface area contributed by atoms with E-state index in [0.29, 0.717) is 16.4 Å². The number of hydrogen-bond acceptors (Lipinski definition) is 5. The van der Waals surface area contributed by atoms with Crippen LogP contribution in [0, 0.1) is 18.3 Å². The van der Waals surface area contributed by atoms with Gasteiger partial charge in [-0.3, -0.25) is 4.79 Å². The summed E-state index contributed by atoms with van der Waals surface area (Å²) in [6.45, 7) is 2.55. The Bertz CT molecular complexity index is 700. The second kappa shape index (κ2) is 5.63. The van der Waals surface area contributed by atoms with E-state index in [1.165, 1.54) is 0 Å². The monoisotopic (exact) mass is 286 g/mol. The van der Waals surface area contributed by atoms with Crippen molar-refractivity contribution >= 4 is 27.9 Å². The molecule has 5 nitrogen and oxygen atoms in total. The third kappa shape index (κ3) is 2.58. The molecule has 6 heteroatoms. The number of carbonyl (C=O) groups is 1. The Morgan fingerprint density at radius 2 is 2.15 bits per heavy atom. The van der Waals surface area contributed by atoms with Crippen LogP contribution in [0.1, 0.15) is 26.4 Å². The molecular formula is C14H14N4OS. The number of amides is 1. The predicted octanol–water partition coefficient (Wildman–Crippen LogP) is 2.22. The van der Waals surface area contributed by atoms with Gasteiger partial charge in [0.2, 0.25) is 0 Å². The van der Waals surface area contributed by atoms with E-state index in [1.54, 1.807) is 0 Å². The van der Waals surface area contributed by atoms with Crippen LogP contribution in [0.15, 0.2) is 24.3 Å². The van der Waals surface area contributed by atoms with Gasteiger partial charge in [0.05, 0.1) is 11.3 Å². The largest absolute Gasteiger partial charge is 0.396 e. The van der Waals surface area contributed by atoms with Crippen molar-refractivity contribution in [2.24, 2.45) is 5.73 Å². The lowest BCUT2D eigenvalue weighted by atomic mass is 10.1. The van der Waals surface area contributed by atoms with Crippen LogP contribution in [0.4, 0.5) is 10.7 Å². The first-order valence-electron chi connectivity index (χ1n) is 5.95. The van der Waals surface area contributed by atoms with Crippen molar-refractivity contribution in [3.63, 3.8) is 0 Å². The first-order valence-corrected chi connectivity index (χ1v) is 6.76. The molecule has 2 aromatic rings. The van der Waals surface area contributed by atoms with Gasteiger partial charge in [-0.2, -0.15) is 5.26 Å². The van der Waals surface area contributed by atoms with Gasteiger partial charge in [0.25, 0.3) is 5.91 Å². The van der Waals surface area contributed by atoms with Crippen molar-refractivity contribution in [1.82, 2.24) is 0 Å². The van der Waals surface area contributed by atoms with E-state index >= 15 is 0 Å². The Labute approximate surface area is 120 Å². The second-order valence-corrected chi connectivity index (χ2v) is 5.33. The summed E-state index contributed by atoms with van der Waals surface area (Å²) in [6, 6.07) is 9.88. The first kappa shape index (κ1) is 13.9. The highest BCUT2D eigenvalue weighted by Gasteiger charge is 2.19. The zero-order valence-electron chi connectivity index (χ0n) is 10.9. The van der Waals surface area contributed by atoms with E-state index in [0.717, 1.165) is 22.5 Å². The average molecular weight is 286 g/mol. The summed E-state index contributed by atoms with van der Waals surface area (Å²) in [5, 5.41) is 12.6. The molecule has 0 saturated heterocycles. The Morgan fingerprint density at radius 3 is 2.75 bits per heavy atom. The molecule has 1 heterocycles. The van der Waals surface area contributed by atoms with E-state index < -0.39 is 5.91 Å². The van der Waals surface area contributed by atoms with Crippen molar-refractivity contribution < 1.29 is 4.79 Å². The number of nitrogens with two attached hydrogens (primary N) is 2. The maximum Gasteiger partial charge on any atom is 0.253 e. The number of rotatable bonds is 4. The molecular weight excluding hydrogens is 272 g/mol. The Hall–Kier alpha value is -2.52. The third-order valence-electron chi connectivity index (χ3n) is 2.99. The van der Waals surface area contributed by atoms with E-state index in [9.17, 15) is 4.79 Å². The lowest BCUT2D eigenvalue weighted by molar-refractivity contribution is 0.100. The highest BCUT2D eigenvalue weighted by atomic mass is 32.1. The number of nitrogens with zero attached hydrogens (tertiary/aromatic N) is 1. The van der Waals surface area contributed by atoms with Crippen LogP contribution in [0.25, 0.3) is 0 Å². The molecule has 0 aliphatic rings. The van der Waals surface area contributed by atoms with Crippen LogP contribution in [-0.2, 0) is 6.54 Å². The van der Waals surface area contributed by atoms with Crippen molar-refractivity contribution in [2.75, 3.05) is 11.1 Å². The zero-order chi connectivity index (χ0) is 14.7. The number of nitrogen functional groups attached to an aromatic ring is 1. The molecule has 2 rings (SSSR count). The molecule has 0 aliphatic heterocycles. The molecule has 0 bridgehead atoms. The molecule has 102 valence electrons. The van der Waals surface area contributed by atoms with Gasteiger partial charge in [0.15, 0.2) is 0 Å². The highest BCUT2D eigenvalue weighted by Crippen LogP contribution is 2.35. The molecule has 1 aromatic heterocycles. The highest BCUT2D eigenvalue weighted by molar-refractivity contribution is 7.17. The summed E-state index contributed by atoms with van der Waals surface area (Å²) in [4.78, 5) is 11.7. The quantitative estimate of drug-likeness (QED) is 0.801. The lowest BCUT2D eigenvalue weighted by Gasteiger charge is -2.08. The standard InChI is InChI=1S/C14H14N4OS/c1-8-4-2-3-5-9(8)7-18-14-11(13(17)19)12(16)10(6-15)20-14/h2-5,18H,7,16H2,1H3,(H2,17,19). The Morgan fingerprint density at radius 1 is 1.45 bits per heavy atom. The Balaban J connectivity index is 2.29. The Kier molecular flexibility index (Phi) is 3.91. The van der Waals surface area contributed by atoms with Crippen LogP contribution in [0.2, 0.25) is 0 Å². The summed E-state index contributed by atoms with van der Waals surface area (Å²) in [6.07, 6.45) is 0. The van der Waals surface area contributed by atoms with Gasteiger partial charge >= 0.3 is 0 Å². The normalized spacial score (nSPS) is 10.0. The number of benzene rings is 1. The molecule has 0 radical (unpaired) electrons. The number of aryl methyl sites for hydroxylation is 1. The summed E-state index contributed by atoms with van der Waals surface area (Å²) >= 11 is 1.14. The van der Waals surface area contributed by atoms with Gasteiger partial charge in [-0.15, -0.1) is 11.3 Å². The molecule has 0 atom stereocenters. The van der Waals surface area contributed by atoms with Crippen LogP contribution in [-0.4, -0.2) is 5.91 Å². The fourth-order valence-corrected chi connectivity index (χ4v) is 2.80. The van der Waals surface area contributed by atoms with Crippen molar-refractivity contribution in [2.45, 2.75) is 13.5 Å². The fourth-order valence-electron chi connectivity index (χ4n) is 1.88. The first-order chi connectivity index (χ1) is 9.54. The topological polar surface area (TPSA) is 105 Å². The van der Waals surface area contributed by atoms with Crippen molar-refractivity contribution in [3.05, 3.63) is 45.8 Å². The molecule has 0 saturated carbocycles. The predicted molar refractivity (Wildman–Crippen MR) is 80.5 cm³/mol. The smallest absolute Gasteiger partial charge is 0.253 e. The molecule has 0 fully saturated rings. The summed E-state index contributed by atoms with van der Waals surface area (Å²) in [7, 11) is 0. The molecule has 5 N–H and O–H groups in total. The van der Waals surface area contributed by atoms with Gasteiger partial charge in [-0.05, 0) is 18.1 Å². The zero-order valence-corrected chi connectivity index (χ0v) is 11.8. The van der Waals surface area contributed by atoms with Gasteiger partial charge in [0.1, 0.15) is 15.9 Å². The van der Waals surface area contributed by atoms with E-state index in [4.69, 9.17) is 16.7 Å². The van der Waals surface area contributed by atoms with Crippen molar-refractivity contribution in [1.29, 1.82) is 5.26 Å². The third-order valence-corrected chi connectivity index (χ3v) is 4.06.